The van der Waals surface area contributed by atoms with Crippen molar-refractivity contribution in [2.45, 2.75) is 45.1 Å². The fourth-order valence-corrected chi connectivity index (χ4v) is 3.85. The number of amides is 2. The van der Waals surface area contributed by atoms with Crippen molar-refractivity contribution >= 4 is 23.4 Å². The van der Waals surface area contributed by atoms with Gasteiger partial charge in [0.05, 0.1) is 36.6 Å². The smallest absolute Gasteiger partial charge is 0.233 e. The van der Waals surface area contributed by atoms with E-state index in [1.165, 1.54) is 0 Å². The lowest BCUT2D eigenvalue weighted by atomic mass is 9.99. The Morgan fingerprint density at radius 1 is 1.54 bits per heavy atom. The van der Waals surface area contributed by atoms with Crippen LogP contribution in [-0.2, 0) is 9.59 Å². The maximum Gasteiger partial charge on any atom is 0.233 e. The van der Waals surface area contributed by atoms with Crippen LogP contribution in [0.4, 0.5) is 0 Å². The van der Waals surface area contributed by atoms with E-state index < -0.39 is 5.92 Å². The topological polar surface area (TPSA) is 98.8 Å². The number of H-pyrrole nitrogens is 1. The van der Waals surface area contributed by atoms with E-state index >= 15 is 0 Å². The molecule has 1 aromatic heterocycles. The summed E-state index contributed by atoms with van der Waals surface area (Å²) in [4.78, 5) is 33.9. The number of nitrogens with one attached hydrogen (secondary N) is 1. The Bertz CT molecular complexity index is 822. The third-order valence-corrected chi connectivity index (χ3v) is 5.34. The van der Waals surface area contributed by atoms with Crippen LogP contribution < -0.4 is 4.74 Å². The Morgan fingerprint density at radius 3 is 3.07 bits per heavy atom. The first-order valence-corrected chi connectivity index (χ1v) is 9.82. The number of hydrogen-bond acceptors (Lipinski definition) is 5. The number of aromatic nitrogens is 2. The highest BCUT2D eigenvalue weighted by Gasteiger charge is 2.36. The maximum atomic E-state index is 13.2. The van der Waals surface area contributed by atoms with Crippen LogP contribution >= 0.6 is 0 Å². The molecule has 1 saturated heterocycles. The fourth-order valence-electron chi connectivity index (χ4n) is 3.85. The number of benzene rings is 1. The maximum absolute atomic E-state index is 13.2. The average Bonchev–Trinajstić information content (AvgIpc) is 3.36. The van der Waals surface area contributed by atoms with E-state index in [9.17, 15) is 14.8 Å². The van der Waals surface area contributed by atoms with Gasteiger partial charge in [0.25, 0.3) is 0 Å². The molecule has 28 heavy (non-hydrogen) atoms. The Hall–Kier alpha value is -2.61. The molecule has 2 aromatic rings. The van der Waals surface area contributed by atoms with Crippen molar-refractivity contribution in [1.82, 2.24) is 19.9 Å². The molecular formula is C20H28N4O4. The van der Waals surface area contributed by atoms with E-state index in [4.69, 9.17) is 4.74 Å². The van der Waals surface area contributed by atoms with E-state index in [0.717, 1.165) is 48.3 Å². The van der Waals surface area contributed by atoms with Crippen molar-refractivity contribution in [1.29, 1.82) is 0 Å². The lowest BCUT2D eigenvalue weighted by Crippen LogP contribution is -2.40. The highest BCUT2D eigenvalue weighted by atomic mass is 16.5. The molecule has 8 heteroatoms. The van der Waals surface area contributed by atoms with Gasteiger partial charge in [0.2, 0.25) is 12.3 Å². The zero-order chi connectivity index (χ0) is 20.1. The summed E-state index contributed by atoms with van der Waals surface area (Å²) >= 11 is 0. The van der Waals surface area contributed by atoms with Gasteiger partial charge in [0.1, 0.15) is 11.6 Å². The van der Waals surface area contributed by atoms with Crippen LogP contribution in [0.1, 0.15) is 50.9 Å². The summed E-state index contributed by atoms with van der Waals surface area (Å²) in [5.74, 6) is 1.06. The molecule has 3 rings (SSSR count). The summed E-state index contributed by atoms with van der Waals surface area (Å²) in [6.45, 7) is 2.72. The standard InChI is InChI=1S/C20H28N4O4/c1-3-4-6-14(12-23(27)13-25)20(26)24-10-5-7-18(24)19-21-16-9-8-15(28-2)11-17(16)22-19/h8-9,11,13-14,18,27H,3-7,10,12H2,1-2H3,(H,21,22)/t14-,18-/m0/s1. The second-order valence-corrected chi connectivity index (χ2v) is 7.26. The van der Waals surface area contributed by atoms with Gasteiger partial charge in [-0.15, -0.1) is 0 Å². The molecular weight excluding hydrogens is 360 g/mol. The van der Waals surface area contributed by atoms with Crippen molar-refractivity contribution in [2.75, 3.05) is 20.2 Å². The Kier molecular flexibility index (Phi) is 6.51. The van der Waals surface area contributed by atoms with Gasteiger partial charge in [-0.25, -0.2) is 10.0 Å². The Labute approximate surface area is 164 Å². The summed E-state index contributed by atoms with van der Waals surface area (Å²) < 4.78 is 5.26. The van der Waals surface area contributed by atoms with Gasteiger partial charge in [-0.05, 0) is 31.4 Å². The van der Waals surface area contributed by atoms with Gasteiger partial charge in [0.15, 0.2) is 0 Å². The zero-order valence-corrected chi connectivity index (χ0v) is 16.4. The first-order chi connectivity index (χ1) is 13.6. The van der Waals surface area contributed by atoms with E-state index in [-0.39, 0.29) is 18.5 Å². The molecule has 1 aliphatic rings. The normalized spacial score (nSPS) is 17.7. The minimum absolute atomic E-state index is 0.0167. The number of nitrogens with zero attached hydrogens (tertiary/aromatic N) is 3. The summed E-state index contributed by atoms with van der Waals surface area (Å²) in [5, 5.41) is 10.2. The molecule has 0 unspecified atom stereocenters. The van der Waals surface area contributed by atoms with Gasteiger partial charge in [-0.2, -0.15) is 0 Å². The number of hydrogen-bond donors (Lipinski definition) is 2. The summed E-state index contributed by atoms with van der Waals surface area (Å²) in [6.07, 6.45) is 4.53. The third-order valence-electron chi connectivity index (χ3n) is 5.34. The van der Waals surface area contributed by atoms with Crippen LogP contribution in [0.25, 0.3) is 11.0 Å². The number of ether oxygens (including phenoxy) is 1. The molecule has 2 atom stereocenters. The van der Waals surface area contributed by atoms with Crippen molar-refractivity contribution in [3.8, 4) is 5.75 Å². The third kappa shape index (κ3) is 4.27. The van der Waals surface area contributed by atoms with Gasteiger partial charge in [-0.3, -0.25) is 14.8 Å². The second kappa shape index (κ2) is 9.05. The average molecular weight is 388 g/mol. The lowest BCUT2D eigenvalue weighted by molar-refractivity contribution is -0.157. The van der Waals surface area contributed by atoms with Crippen molar-refractivity contribution < 1.29 is 19.5 Å². The van der Waals surface area contributed by atoms with Crippen molar-refractivity contribution in [3.63, 3.8) is 0 Å². The number of aromatic amines is 1. The summed E-state index contributed by atoms with van der Waals surface area (Å²) in [6, 6.07) is 5.52. The molecule has 0 spiro atoms. The van der Waals surface area contributed by atoms with Crippen LogP contribution in [-0.4, -0.2) is 57.7 Å². The number of unbranched alkanes of at least 4 members (excludes halogenated alkanes) is 1. The van der Waals surface area contributed by atoms with Gasteiger partial charge in [0, 0.05) is 12.6 Å². The Balaban J connectivity index is 1.82. The Morgan fingerprint density at radius 2 is 2.36 bits per heavy atom. The van der Waals surface area contributed by atoms with Crippen LogP contribution in [0.2, 0.25) is 0 Å². The van der Waals surface area contributed by atoms with Crippen molar-refractivity contribution in [2.24, 2.45) is 5.92 Å². The lowest BCUT2D eigenvalue weighted by Gasteiger charge is -2.29. The number of imidazole rings is 1. The molecule has 8 nitrogen and oxygen atoms in total. The number of hydroxylamine groups is 2. The molecule has 0 aliphatic carbocycles. The summed E-state index contributed by atoms with van der Waals surface area (Å²) in [5.41, 5.74) is 1.71. The van der Waals surface area contributed by atoms with Crippen LogP contribution in [0, 0.1) is 5.92 Å². The van der Waals surface area contributed by atoms with Gasteiger partial charge in [-0.1, -0.05) is 19.8 Å². The number of carbonyl (C=O) groups is 2. The van der Waals surface area contributed by atoms with Crippen molar-refractivity contribution in [3.05, 3.63) is 24.0 Å². The van der Waals surface area contributed by atoms with E-state index in [2.05, 4.69) is 16.9 Å². The van der Waals surface area contributed by atoms with Gasteiger partial charge >= 0.3 is 0 Å². The molecule has 1 fully saturated rings. The number of rotatable bonds is 9. The number of likely N-dealkylation sites (tertiary alicyclic amines) is 1. The van der Waals surface area contributed by atoms with E-state index in [1.54, 1.807) is 7.11 Å². The first-order valence-electron chi connectivity index (χ1n) is 9.82. The monoisotopic (exact) mass is 388 g/mol. The molecule has 1 aromatic carbocycles. The predicted octanol–water partition coefficient (Wildman–Crippen LogP) is 2.89. The molecule has 0 bridgehead atoms. The molecule has 2 heterocycles. The number of fused-ring (bicyclic) bond motifs is 1. The minimum Gasteiger partial charge on any atom is -0.497 e. The number of methoxy groups -OCH3 is 1. The van der Waals surface area contributed by atoms with Gasteiger partial charge < -0.3 is 14.6 Å². The largest absolute Gasteiger partial charge is 0.497 e. The van der Waals surface area contributed by atoms with Crippen LogP contribution in [0.5, 0.6) is 5.75 Å². The fraction of sp³-hybridized carbons (Fsp3) is 0.550. The van der Waals surface area contributed by atoms with E-state index in [0.29, 0.717) is 24.4 Å². The number of carbonyl (C=O) groups excluding carboxylic acids is 2. The second-order valence-electron chi connectivity index (χ2n) is 7.26. The molecule has 1 aliphatic heterocycles. The highest BCUT2D eigenvalue weighted by Crippen LogP contribution is 2.34. The van der Waals surface area contributed by atoms with E-state index in [1.807, 2.05) is 23.1 Å². The van der Waals surface area contributed by atoms with Crippen LogP contribution in [0.15, 0.2) is 18.2 Å². The highest BCUT2D eigenvalue weighted by molar-refractivity contribution is 5.81. The van der Waals surface area contributed by atoms with Crippen LogP contribution in [0.3, 0.4) is 0 Å². The molecule has 152 valence electrons. The summed E-state index contributed by atoms with van der Waals surface area (Å²) in [7, 11) is 1.62. The molecule has 0 saturated carbocycles. The molecule has 2 amide bonds. The first kappa shape index (κ1) is 20.1. The quantitative estimate of drug-likeness (QED) is 0.391. The minimum atomic E-state index is -0.416. The zero-order valence-electron chi connectivity index (χ0n) is 16.4. The SMILES string of the molecule is CCCC[C@@H](CN(O)C=O)C(=O)N1CCC[C@H]1c1nc2ccc(OC)cc2[nH]1. The molecule has 0 radical (unpaired) electrons. The molecule has 2 N–H and O–H groups in total. The predicted molar refractivity (Wildman–Crippen MR) is 104 cm³/mol.